The number of carbonyl (C=O) groups excluding carboxylic acids is 1. The van der Waals surface area contributed by atoms with Gasteiger partial charge in [0.2, 0.25) is 5.91 Å². The molecule has 1 amide bonds. The van der Waals surface area contributed by atoms with E-state index in [1.807, 2.05) is 0 Å². The minimum absolute atomic E-state index is 0.0636. The summed E-state index contributed by atoms with van der Waals surface area (Å²) < 4.78 is 66.1. The van der Waals surface area contributed by atoms with E-state index in [-0.39, 0.29) is 40.6 Å². The first kappa shape index (κ1) is 27.4. The lowest BCUT2D eigenvalue weighted by atomic mass is 9.80. The van der Waals surface area contributed by atoms with Crippen molar-refractivity contribution in [1.82, 2.24) is 10.2 Å². The van der Waals surface area contributed by atoms with Gasteiger partial charge < -0.3 is 10.2 Å². The molecule has 3 atom stereocenters. The van der Waals surface area contributed by atoms with Crippen LogP contribution in [0.4, 0.5) is 13.2 Å². The highest BCUT2D eigenvalue weighted by molar-refractivity contribution is 7.91. The first-order valence-corrected chi connectivity index (χ1v) is 14.3. The number of hydrogen-bond acceptors (Lipinski definition) is 4. The number of halogens is 3. The number of alkyl halides is 3. The van der Waals surface area contributed by atoms with Gasteiger partial charge in [0.25, 0.3) is 0 Å². The lowest BCUT2D eigenvalue weighted by molar-refractivity contribution is -0.137. The lowest BCUT2D eigenvalue weighted by Gasteiger charge is -2.44. The van der Waals surface area contributed by atoms with Crippen LogP contribution in [-0.2, 0) is 20.8 Å². The Hall–Kier alpha value is -2.65. The molecule has 9 heteroatoms. The average Bonchev–Trinajstić information content (AvgIpc) is 2.84. The summed E-state index contributed by atoms with van der Waals surface area (Å²) in [7, 11) is -3.56. The predicted molar refractivity (Wildman–Crippen MR) is 137 cm³/mol. The van der Waals surface area contributed by atoms with Crippen molar-refractivity contribution in [1.29, 1.82) is 0 Å². The van der Waals surface area contributed by atoms with Crippen LogP contribution in [0.3, 0.4) is 0 Å². The second-order valence-corrected chi connectivity index (χ2v) is 12.3. The first-order valence-electron chi connectivity index (χ1n) is 12.7. The molecule has 0 bridgehead atoms. The fraction of sp³-hybridized carbons (Fsp3) is 0.464. The van der Waals surface area contributed by atoms with Crippen LogP contribution < -0.4 is 5.32 Å². The third-order valence-corrected chi connectivity index (χ3v) is 9.07. The van der Waals surface area contributed by atoms with E-state index in [0.29, 0.717) is 36.9 Å². The van der Waals surface area contributed by atoms with E-state index in [2.05, 4.69) is 19.2 Å². The number of nitrogens with zero attached hydrogens (tertiary/aromatic N) is 1. The van der Waals surface area contributed by atoms with E-state index in [4.69, 9.17) is 0 Å². The summed E-state index contributed by atoms with van der Waals surface area (Å²) in [6, 6.07) is 13.5. The molecule has 1 saturated carbocycles. The Morgan fingerprint density at radius 1 is 1.05 bits per heavy atom. The maximum absolute atomic E-state index is 13.3. The van der Waals surface area contributed by atoms with E-state index >= 15 is 0 Å². The number of sulfone groups is 1. The normalized spacial score (nSPS) is 23.3. The molecule has 5 nitrogen and oxygen atoms in total. The highest BCUT2D eigenvalue weighted by Crippen LogP contribution is 2.36. The molecule has 4 rings (SSSR count). The Bertz CT molecular complexity index is 1240. The quantitative estimate of drug-likeness (QED) is 0.522. The summed E-state index contributed by atoms with van der Waals surface area (Å²) in [5, 5.41) is 3.52. The second kappa shape index (κ2) is 11.0. The van der Waals surface area contributed by atoms with Gasteiger partial charge in [-0.05, 0) is 67.0 Å². The smallest absolute Gasteiger partial charge is 0.336 e. The number of benzene rings is 2. The van der Waals surface area contributed by atoms with Crippen LogP contribution in [0.2, 0.25) is 0 Å². The Balaban J connectivity index is 1.57. The van der Waals surface area contributed by atoms with Gasteiger partial charge in [0.15, 0.2) is 9.84 Å². The van der Waals surface area contributed by atoms with Gasteiger partial charge in [0, 0.05) is 30.7 Å². The minimum Gasteiger partial charge on any atom is -0.336 e. The molecular weight excluding hydrogens is 501 g/mol. The monoisotopic (exact) mass is 534 g/mol. The molecule has 2 aromatic rings. The van der Waals surface area contributed by atoms with Gasteiger partial charge in [-0.25, -0.2) is 8.42 Å². The van der Waals surface area contributed by atoms with Gasteiger partial charge in [0.1, 0.15) is 0 Å². The van der Waals surface area contributed by atoms with Crippen molar-refractivity contribution < 1.29 is 26.4 Å². The van der Waals surface area contributed by atoms with E-state index in [1.54, 1.807) is 41.3 Å². The number of amides is 1. The van der Waals surface area contributed by atoms with Gasteiger partial charge in [-0.15, -0.1) is 0 Å². The minimum atomic E-state index is -4.46. The zero-order valence-corrected chi connectivity index (χ0v) is 21.9. The molecule has 1 N–H and O–H groups in total. The summed E-state index contributed by atoms with van der Waals surface area (Å²) in [5.74, 6) is -0.602. The highest BCUT2D eigenvalue weighted by atomic mass is 32.2. The molecule has 0 spiro atoms. The molecule has 1 fully saturated rings. The van der Waals surface area contributed by atoms with Crippen LogP contribution in [0.25, 0.3) is 5.57 Å². The van der Waals surface area contributed by atoms with Crippen LogP contribution in [0.15, 0.2) is 65.6 Å². The van der Waals surface area contributed by atoms with E-state index in [1.165, 1.54) is 12.1 Å². The maximum Gasteiger partial charge on any atom is 0.416 e. The highest BCUT2D eigenvalue weighted by Gasteiger charge is 2.40. The average molecular weight is 535 g/mol. The van der Waals surface area contributed by atoms with Gasteiger partial charge in [-0.3, -0.25) is 4.79 Å². The van der Waals surface area contributed by atoms with Crippen molar-refractivity contribution >= 4 is 21.3 Å². The zero-order chi connectivity index (χ0) is 26.8. The van der Waals surface area contributed by atoms with Gasteiger partial charge >= 0.3 is 6.18 Å². The van der Waals surface area contributed by atoms with Crippen molar-refractivity contribution in [3.05, 3.63) is 71.8 Å². The molecule has 1 aliphatic heterocycles. The van der Waals surface area contributed by atoms with Gasteiger partial charge in [0.05, 0.1) is 16.2 Å². The van der Waals surface area contributed by atoms with Crippen LogP contribution >= 0.6 is 0 Å². The molecule has 1 heterocycles. The Morgan fingerprint density at radius 2 is 1.78 bits per heavy atom. The summed E-state index contributed by atoms with van der Waals surface area (Å²) in [5.41, 5.74) is 0.203. The molecule has 0 saturated heterocycles. The Kier molecular flexibility index (Phi) is 8.14. The maximum atomic E-state index is 13.3. The molecule has 1 aliphatic carbocycles. The van der Waals surface area contributed by atoms with Crippen molar-refractivity contribution in [3.63, 3.8) is 0 Å². The van der Waals surface area contributed by atoms with Crippen molar-refractivity contribution in [2.24, 2.45) is 5.92 Å². The van der Waals surface area contributed by atoms with Crippen molar-refractivity contribution in [3.8, 4) is 0 Å². The van der Waals surface area contributed by atoms with Crippen LogP contribution in [0.1, 0.15) is 50.7 Å². The predicted octanol–water partition coefficient (Wildman–Crippen LogP) is 5.33. The largest absolute Gasteiger partial charge is 0.416 e. The van der Waals surface area contributed by atoms with Crippen LogP contribution in [-0.4, -0.2) is 49.6 Å². The number of carbonyl (C=O) groups is 1. The third kappa shape index (κ3) is 6.62. The SMILES string of the molecule is CC(C)N[C@@H]1CCC(N2CCC(c3cccc(C(F)(F)F)c3)=CC2=O)[C@H](CS(=O)(=O)c2ccccc2)C1. The summed E-state index contributed by atoms with van der Waals surface area (Å²) in [6.07, 6.45) is -0.517. The summed E-state index contributed by atoms with van der Waals surface area (Å²) in [4.78, 5) is 15.3. The zero-order valence-electron chi connectivity index (χ0n) is 21.0. The second-order valence-electron chi connectivity index (χ2n) is 10.3. The van der Waals surface area contributed by atoms with E-state index < -0.39 is 21.6 Å². The fourth-order valence-corrected chi connectivity index (χ4v) is 7.26. The summed E-state index contributed by atoms with van der Waals surface area (Å²) in [6.45, 7) is 4.45. The molecule has 0 radical (unpaired) electrons. The molecule has 37 heavy (non-hydrogen) atoms. The molecular formula is C28H33F3N2O3S. The van der Waals surface area contributed by atoms with E-state index in [0.717, 1.165) is 18.6 Å². The fourth-order valence-electron chi connectivity index (χ4n) is 5.57. The topological polar surface area (TPSA) is 66.5 Å². The number of rotatable bonds is 7. The standard InChI is InChI=1S/C28H33F3N2O3S/c1-19(2)32-24-11-12-26(22(16-24)18-37(35,36)25-9-4-3-5-10-25)33-14-13-21(17-27(33)34)20-7-6-8-23(15-20)28(29,30)31/h3-10,15,17,19,22,24,26,32H,11-14,16,18H2,1-2H3/t22-,24+,26?/m0/s1. The third-order valence-electron chi connectivity index (χ3n) is 7.21. The van der Waals surface area contributed by atoms with Crippen molar-refractivity contribution in [2.45, 2.75) is 68.7 Å². The van der Waals surface area contributed by atoms with Crippen LogP contribution in [0, 0.1) is 5.92 Å². The molecule has 2 aromatic carbocycles. The van der Waals surface area contributed by atoms with E-state index in [9.17, 15) is 26.4 Å². The molecule has 1 unspecified atom stereocenters. The Labute approximate surface area is 216 Å². The van der Waals surface area contributed by atoms with Gasteiger partial charge in [-0.2, -0.15) is 13.2 Å². The van der Waals surface area contributed by atoms with Crippen molar-refractivity contribution in [2.75, 3.05) is 12.3 Å². The first-order chi connectivity index (χ1) is 17.4. The molecule has 200 valence electrons. The number of hydrogen-bond donors (Lipinski definition) is 1. The van der Waals surface area contributed by atoms with Gasteiger partial charge in [-0.1, -0.05) is 44.2 Å². The molecule has 0 aromatic heterocycles. The van der Waals surface area contributed by atoms with Crippen LogP contribution in [0.5, 0.6) is 0 Å². The Morgan fingerprint density at radius 3 is 2.43 bits per heavy atom. The lowest BCUT2D eigenvalue weighted by Crippen LogP contribution is -2.53. The molecule has 2 aliphatic rings. The summed E-state index contributed by atoms with van der Waals surface area (Å²) >= 11 is 0. The number of nitrogens with one attached hydrogen (secondary N) is 1.